The normalized spacial score (nSPS) is 11.3. The second kappa shape index (κ2) is 10.3. The molecule has 0 saturated heterocycles. The van der Waals surface area contributed by atoms with Crippen LogP contribution in [0.1, 0.15) is 19.7 Å². The Kier molecular flexibility index (Phi) is 7.48. The highest BCUT2D eigenvalue weighted by atomic mass is 32.2. The van der Waals surface area contributed by atoms with E-state index in [4.69, 9.17) is 9.47 Å². The number of hydrogen-bond acceptors (Lipinski definition) is 7. The Labute approximate surface area is 182 Å². The fourth-order valence-electron chi connectivity index (χ4n) is 2.95. The molecule has 0 atom stereocenters. The van der Waals surface area contributed by atoms with E-state index in [9.17, 15) is 8.42 Å². The van der Waals surface area contributed by atoms with Crippen molar-refractivity contribution in [3.8, 4) is 17.3 Å². The molecule has 9 nitrogen and oxygen atoms in total. The van der Waals surface area contributed by atoms with Crippen LogP contribution in [0.5, 0.6) is 11.5 Å². The summed E-state index contributed by atoms with van der Waals surface area (Å²) in [5.74, 6) is 2.72. The minimum Gasteiger partial charge on any atom is -0.494 e. The Morgan fingerprint density at radius 1 is 1.00 bits per heavy atom. The summed E-state index contributed by atoms with van der Waals surface area (Å²) in [6.45, 7) is 6.75. The molecule has 3 aromatic rings. The van der Waals surface area contributed by atoms with Crippen LogP contribution in [0.4, 0.5) is 5.82 Å². The van der Waals surface area contributed by atoms with Crippen molar-refractivity contribution in [3.05, 3.63) is 54.6 Å². The fourth-order valence-corrected chi connectivity index (χ4v) is 4.13. The summed E-state index contributed by atoms with van der Waals surface area (Å²) in [7, 11) is -3.79. The number of hydrogen-bond donors (Lipinski definition) is 2. The zero-order valence-corrected chi connectivity index (χ0v) is 18.6. The van der Waals surface area contributed by atoms with Crippen LogP contribution in [0.3, 0.4) is 0 Å². The quantitative estimate of drug-likeness (QED) is 0.437. The van der Waals surface area contributed by atoms with Crippen molar-refractivity contribution < 1.29 is 17.9 Å². The van der Waals surface area contributed by atoms with Crippen molar-refractivity contribution in [1.82, 2.24) is 19.3 Å². The lowest BCUT2D eigenvalue weighted by atomic mass is 10.3. The molecule has 0 aliphatic carbocycles. The van der Waals surface area contributed by atoms with E-state index in [1.807, 2.05) is 42.9 Å². The molecule has 166 valence electrons. The van der Waals surface area contributed by atoms with Gasteiger partial charge in [0, 0.05) is 37.6 Å². The van der Waals surface area contributed by atoms with Crippen molar-refractivity contribution in [1.29, 1.82) is 0 Å². The lowest BCUT2D eigenvalue weighted by molar-refractivity contribution is 0.322. The predicted octanol–water partition coefficient (Wildman–Crippen LogP) is 2.76. The molecule has 0 aliphatic heterocycles. The molecule has 3 rings (SSSR count). The molecule has 0 radical (unpaired) electrons. The molecule has 1 aromatic carbocycles. The van der Waals surface area contributed by atoms with Gasteiger partial charge in [-0.15, -0.1) is 0 Å². The maximum atomic E-state index is 12.9. The zero-order valence-electron chi connectivity index (χ0n) is 17.8. The smallest absolute Gasteiger partial charge is 0.244 e. The third-order valence-corrected chi connectivity index (χ3v) is 5.71. The van der Waals surface area contributed by atoms with Crippen LogP contribution in [0.2, 0.25) is 0 Å². The van der Waals surface area contributed by atoms with Gasteiger partial charge < -0.3 is 19.4 Å². The number of benzene rings is 1. The van der Waals surface area contributed by atoms with Crippen molar-refractivity contribution in [2.24, 2.45) is 0 Å². The van der Waals surface area contributed by atoms with Gasteiger partial charge in [0.1, 0.15) is 33.9 Å². The molecular formula is C21H27N5O4S. The van der Waals surface area contributed by atoms with E-state index in [0.29, 0.717) is 37.2 Å². The van der Waals surface area contributed by atoms with Crippen LogP contribution in [0, 0.1) is 6.92 Å². The van der Waals surface area contributed by atoms with Crippen LogP contribution >= 0.6 is 0 Å². The monoisotopic (exact) mass is 445 g/mol. The molecule has 2 aromatic heterocycles. The fraction of sp³-hybridized carbons (Fsp3) is 0.333. The first-order valence-corrected chi connectivity index (χ1v) is 11.5. The number of rotatable bonds is 11. The van der Waals surface area contributed by atoms with Crippen LogP contribution < -0.4 is 19.5 Å². The minimum absolute atomic E-state index is 0.0491. The van der Waals surface area contributed by atoms with Gasteiger partial charge >= 0.3 is 0 Å². The summed E-state index contributed by atoms with van der Waals surface area (Å²) in [4.78, 5) is 8.81. The predicted molar refractivity (Wildman–Crippen MR) is 119 cm³/mol. The van der Waals surface area contributed by atoms with Crippen molar-refractivity contribution in [2.75, 3.05) is 31.6 Å². The molecule has 0 bridgehead atoms. The van der Waals surface area contributed by atoms with E-state index >= 15 is 0 Å². The standard InChI is InChI=1S/C21H27N5O4S/c1-4-29-17-8-9-18(30-5-2)19(14-17)31(27,28)23-11-10-22-20-15-21(25-16(3)24-20)26-12-6-7-13-26/h6-9,12-15,23H,4-5,10-11H2,1-3H3,(H,22,24,25). The van der Waals surface area contributed by atoms with Crippen molar-refractivity contribution >= 4 is 15.8 Å². The molecule has 2 heterocycles. The first-order chi connectivity index (χ1) is 14.9. The minimum atomic E-state index is -3.79. The van der Waals surface area contributed by atoms with E-state index in [2.05, 4.69) is 20.0 Å². The number of aromatic nitrogens is 3. The lowest BCUT2D eigenvalue weighted by Crippen LogP contribution is -2.29. The average molecular weight is 446 g/mol. The summed E-state index contributed by atoms with van der Waals surface area (Å²) >= 11 is 0. The molecule has 0 spiro atoms. The van der Waals surface area contributed by atoms with Gasteiger partial charge in [-0.05, 0) is 45.0 Å². The van der Waals surface area contributed by atoms with Crippen molar-refractivity contribution in [3.63, 3.8) is 0 Å². The number of sulfonamides is 1. The zero-order chi connectivity index (χ0) is 22.3. The molecule has 0 aliphatic rings. The van der Waals surface area contributed by atoms with E-state index in [0.717, 1.165) is 5.82 Å². The van der Waals surface area contributed by atoms with Gasteiger partial charge in [0.05, 0.1) is 13.2 Å². The number of aryl methyl sites for hydroxylation is 1. The van der Waals surface area contributed by atoms with Crippen molar-refractivity contribution in [2.45, 2.75) is 25.7 Å². The Morgan fingerprint density at radius 2 is 1.74 bits per heavy atom. The molecule has 10 heteroatoms. The van der Waals surface area contributed by atoms with Gasteiger partial charge in [0.15, 0.2) is 0 Å². The molecule has 0 fully saturated rings. The van der Waals surface area contributed by atoms with Gasteiger partial charge in [-0.1, -0.05) is 0 Å². The van der Waals surface area contributed by atoms with Gasteiger partial charge in [-0.25, -0.2) is 23.1 Å². The third kappa shape index (κ3) is 5.96. The Balaban J connectivity index is 1.66. The number of anilines is 1. The molecule has 0 unspecified atom stereocenters. The van der Waals surface area contributed by atoms with Crippen LogP contribution in [0.15, 0.2) is 53.7 Å². The maximum Gasteiger partial charge on any atom is 0.244 e. The molecular weight excluding hydrogens is 418 g/mol. The van der Waals surface area contributed by atoms with E-state index < -0.39 is 10.0 Å². The van der Waals surface area contributed by atoms with E-state index in [-0.39, 0.29) is 17.2 Å². The SMILES string of the molecule is CCOc1ccc(OCC)c(S(=O)(=O)NCCNc2cc(-n3cccc3)nc(C)n2)c1. The first kappa shape index (κ1) is 22.6. The van der Waals surface area contributed by atoms with Crippen LogP contribution in [0.25, 0.3) is 5.82 Å². The van der Waals surface area contributed by atoms with Gasteiger partial charge in [0.25, 0.3) is 0 Å². The topological polar surface area (TPSA) is 107 Å². The molecule has 0 saturated carbocycles. The van der Waals surface area contributed by atoms with Crippen LogP contribution in [-0.4, -0.2) is 49.3 Å². The van der Waals surface area contributed by atoms with Gasteiger partial charge in [0.2, 0.25) is 10.0 Å². The molecule has 31 heavy (non-hydrogen) atoms. The highest BCUT2D eigenvalue weighted by Crippen LogP contribution is 2.28. The Morgan fingerprint density at radius 3 is 2.45 bits per heavy atom. The second-order valence-electron chi connectivity index (χ2n) is 6.55. The highest BCUT2D eigenvalue weighted by molar-refractivity contribution is 7.89. The average Bonchev–Trinajstić information content (AvgIpc) is 3.27. The summed E-state index contributed by atoms with van der Waals surface area (Å²) in [6, 6.07) is 10.4. The number of nitrogens with zero attached hydrogens (tertiary/aromatic N) is 3. The molecule has 0 amide bonds. The number of ether oxygens (including phenoxy) is 2. The number of nitrogens with one attached hydrogen (secondary N) is 2. The highest BCUT2D eigenvalue weighted by Gasteiger charge is 2.20. The summed E-state index contributed by atoms with van der Waals surface area (Å²) in [5.41, 5.74) is 0. The summed E-state index contributed by atoms with van der Waals surface area (Å²) in [5, 5.41) is 3.14. The van der Waals surface area contributed by atoms with Gasteiger partial charge in [-0.3, -0.25) is 0 Å². The summed E-state index contributed by atoms with van der Waals surface area (Å²) < 4.78 is 41.1. The van der Waals surface area contributed by atoms with E-state index in [1.165, 1.54) is 6.07 Å². The summed E-state index contributed by atoms with van der Waals surface area (Å²) in [6.07, 6.45) is 3.79. The van der Waals surface area contributed by atoms with E-state index in [1.54, 1.807) is 25.1 Å². The third-order valence-electron chi connectivity index (χ3n) is 4.23. The first-order valence-electron chi connectivity index (χ1n) is 10.0. The molecule has 2 N–H and O–H groups in total. The Bertz CT molecular complexity index is 1100. The second-order valence-corrected chi connectivity index (χ2v) is 8.28. The lowest BCUT2D eigenvalue weighted by Gasteiger charge is -2.14. The van der Waals surface area contributed by atoms with Gasteiger partial charge in [-0.2, -0.15) is 0 Å². The Hall–Kier alpha value is -3.11. The maximum absolute atomic E-state index is 12.9. The van der Waals surface area contributed by atoms with Crippen LogP contribution in [-0.2, 0) is 10.0 Å². The largest absolute Gasteiger partial charge is 0.494 e.